The van der Waals surface area contributed by atoms with Crippen molar-refractivity contribution in [2.75, 3.05) is 0 Å². The van der Waals surface area contributed by atoms with Crippen LogP contribution >= 0.6 is 0 Å². The minimum Gasteiger partial charge on any atom is -0.485 e. The molecule has 0 spiro atoms. The van der Waals surface area contributed by atoms with Crippen molar-refractivity contribution in [3.05, 3.63) is 41.0 Å². The molecule has 1 heterocycles. The topological polar surface area (TPSA) is 79.9 Å². The van der Waals surface area contributed by atoms with Crippen molar-refractivity contribution in [3.63, 3.8) is 0 Å². The number of carbonyl (C=O) groups excluding carboxylic acids is 1. The van der Waals surface area contributed by atoms with Crippen LogP contribution in [0, 0.1) is 13.8 Å². The molecule has 0 aliphatic heterocycles. The first-order valence-corrected chi connectivity index (χ1v) is 7.64. The number of ether oxygens (including phenoxy) is 1. The van der Waals surface area contributed by atoms with Crippen LogP contribution < -0.4 is 10.1 Å². The van der Waals surface area contributed by atoms with E-state index < -0.39 is 0 Å². The number of aryl methyl sites for hydroxylation is 2. The van der Waals surface area contributed by atoms with Crippen LogP contribution in [0.2, 0.25) is 0 Å². The Morgan fingerprint density at radius 2 is 2.04 bits per heavy atom. The molecule has 124 valence electrons. The zero-order chi connectivity index (χ0) is 17.0. The highest BCUT2D eigenvalue weighted by molar-refractivity contribution is 5.78. The van der Waals surface area contributed by atoms with Crippen molar-refractivity contribution in [2.24, 2.45) is 0 Å². The highest BCUT2D eigenvalue weighted by Gasteiger charge is 2.16. The Bertz CT molecular complexity index is 686. The molecule has 23 heavy (non-hydrogen) atoms. The standard InChI is InChI=1S/C17H24N4O2/c1-11-6-7-12(2)13(8-11)23-10-15-18-14(20-21-15)9-16(22)19-17(3,4)5/h6-8H,9-10H2,1-5H3,(H,19,22)(H,18,20,21). The van der Waals surface area contributed by atoms with Crippen LogP contribution in [0.5, 0.6) is 5.75 Å². The number of nitrogens with one attached hydrogen (secondary N) is 2. The average Bonchev–Trinajstić information content (AvgIpc) is 2.85. The number of hydrogen-bond donors (Lipinski definition) is 2. The molecule has 2 N–H and O–H groups in total. The Hall–Kier alpha value is -2.37. The van der Waals surface area contributed by atoms with Crippen molar-refractivity contribution >= 4 is 5.91 Å². The number of amides is 1. The van der Waals surface area contributed by atoms with Gasteiger partial charge in [0.05, 0.1) is 6.42 Å². The van der Waals surface area contributed by atoms with Gasteiger partial charge in [0.15, 0.2) is 11.6 Å². The van der Waals surface area contributed by atoms with E-state index in [2.05, 4.69) is 20.5 Å². The molecule has 1 aromatic carbocycles. The molecule has 0 radical (unpaired) electrons. The van der Waals surface area contributed by atoms with Crippen molar-refractivity contribution in [2.45, 2.75) is 53.2 Å². The predicted octanol–water partition coefficient (Wildman–Crippen LogP) is 2.46. The highest BCUT2D eigenvalue weighted by Crippen LogP contribution is 2.19. The van der Waals surface area contributed by atoms with E-state index in [9.17, 15) is 4.79 Å². The summed E-state index contributed by atoms with van der Waals surface area (Å²) in [6.45, 7) is 10.1. The molecule has 1 aromatic heterocycles. The van der Waals surface area contributed by atoms with Crippen LogP contribution in [0.25, 0.3) is 0 Å². The number of nitrogens with zero attached hydrogens (tertiary/aromatic N) is 2. The third-order valence-corrected chi connectivity index (χ3v) is 3.12. The van der Waals surface area contributed by atoms with E-state index >= 15 is 0 Å². The largest absolute Gasteiger partial charge is 0.485 e. The summed E-state index contributed by atoms with van der Waals surface area (Å²) in [7, 11) is 0. The van der Waals surface area contributed by atoms with Crippen LogP contribution in [0.15, 0.2) is 18.2 Å². The van der Waals surface area contributed by atoms with Gasteiger partial charge in [-0.25, -0.2) is 4.98 Å². The van der Waals surface area contributed by atoms with E-state index in [-0.39, 0.29) is 24.5 Å². The summed E-state index contributed by atoms with van der Waals surface area (Å²) in [5.41, 5.74) is 1.95. The molecule has 0 fully saturated rings. The maximum Gasteiger partial charge on any atom is 0.228 e. The molecule has 0 aliphatic carbocycles. The predicted molar refractivity (Wildman–Crippen MR) is 88.2 cm³/mol. The zero-order valence-electron chi connectivity index (χ0n) is 14.4. The van der Waals surface area contributed by atoms with Gasteiger partial charge in [0.2, 0.25) is 5.91 Å². The average molecular weight is 316 g/mol. The quantitative estimate of drug-likeness (QED) is 0.888. The molecule has 0 bridgehead atoms. The molecule has 0 atom stereocenters. The molecule has 0 unspecified atom stereocenters. The number of aromatic amines is 1. The number of rotatable bonds is 5. The first kappa shape index (κ1) is 17.0. The molecular weight excluding hydrogens is 292 g/mol. The smallest absolute Gasteiger partial charge is 0.228 e. The fourth-order valence-corrected chi connectivity index (χ4v) is 2.09. The number of aromatic nitrogens is 3. The lowest BCUT2D eigenvalue weighted by Gasteiger charge is -2.19. The van der Waals surface area contributed by atoms with E-state index in [1.165, 1.54) is 0 Å². The molecule has 6 nitrogen and oxygen atoms in total. The van der Waals surface area contributed by atoms with Crippen molar-refractivity contribution in [1.82, 2.24) is 20.5 Å². The minimum absolute atomic E-state index is 0.0986. The van der Waals surface area contributed by atoms with Crippen molar-refractivity contribution < 1.29 is 9.53 Å². The van der Waals surface area contributed by atoms with Gasteiger partial charge < -0.3 is 10.1 Å². The Morgan fingerprint density at radius 1 is 1.30 bits per heavy atom. The molecule has 6 heteroatoms. The zero-order valence-corrected chi connectivity index (χ0v) is 14.4. The first-order chi connectivity index (χ1) is 10.7. The summed E-state index contributed by atoms with van der Waals surface area (Å²) < 4.78 is 5.77. The Kier molecular flexibility index (Phi) is 5.03. The van der Waals surface area contributed by atoms with Crippen LogP contribution in [-0.4, -0.2) is 26.6 Å². The summed E-state index contributed by atoms with van der Waals surface area (Å²) >= 11 is 0. The van der Waals surface area contributed by atoms with Gasteiger partial charge >= 0.3 is 0 Å². The van der Waals surface area contributed by atoms with Gasteiger partial charge in [-0.3, -0.25) is 9.89 Å². The van der Waals surface area contributed by atoms with E-state index in [1.807, 2.05) is 52.8 Å². The van der Waals surface area contributed by atoms with Gasteiger partial charge in [-0.2, -0.15) is 5.10 Å². The lowest BCUT2D eigenvalue weighted by molar-refractivity contribution is -0.121. The Balaban J connectivity index is 1.92. The Labute approximate surface area is 136 Å². The monoisotopic (exact) mass is 316 g/mol. The van der Waals surface area contributed by atoms with E-state index in [0.29, 0.717) is 11.6 Å². The van der Waals surface area contributed by atoms with Gasteiger partial charge in [-0.15, -0.1) is 0 Å². The second-order valence-electron chi connectivity index (χ2n) is 6.73. The van der Waals surface area contributed by atoms with Gasteiger partial charge in [0.1, 0.15) is 12.4 Å². The van der Waals surface area contributed by atoms with Crippen LogP contribution in [0.3, 0.4) is 0 Å². The number of benzene rings is 1. The third kappa shape index (κ3) is 5.39. The van der Waals surface area contributed by atoms with Crippen LogP contribution in [0.4, 0.5) is 0 Å². The maximum atomic E-state index is 11.9. The lowest BCUT2D eigenvalue weighted by Crippen LogP contribution is -2.41. The van der Waals surface area contributed by atoms with Crippen molar-refractivity contribution in [1.29, 1.82) is 0 Å². The fourth-order valence-electron chi connectivity index (χ4n) is 2.09. The second-order valence-corrected chi connectivity index (χ2v) is 6.73. The van der Waals surface area contributed by atoms with Gasteiger partial charge in [0.25, 0.3) is 0 Å². The first-order valence-electron chi connectivity index (χ1n) is 7.64. The van der Waals surface area contributed by atoms with Crippen LogP contribution in [-0.2, 0) is 17.8 Å². The van der Waals surface area contributed by atoms with E-state index in [1.54, 1.807) is 0 Å². The Morgan fingerprint density at radius 3 is 2.74 bits per heavy atom. The molecule has 2 rings (SSSR count). The van der Waals surface area contributed by atoms with Crippen LogP contribution in [0.1, 0.15) is 43.5 Å². The second kappa shape index (κ2) is 6.81. The maximum absolute atomic E-state index is 11.9. The molecule has 1 amide bonds. The molecule has 0 saturated carbocycles. The number of carbonyl (C=O) groups is 1. The molecule has 0 aliphatic rings. The summed E-state index contributed by atoms with van der Waals surface area (Å²) in [4.78, 5) is 16.2. The summed E-state index contributed by atoms with van der Waals surface area (Å²) in [5.74, 6) is 1.79. The lowest BCUT2D eigenvalue weighted by atomic mass is 10.1. The van der Waals surface area contributed by atoms with E-state index in [0.717, 1.165) is 16.9 Å². The highest BCUT2D eigenvalue weighted by atomic mass is 16.5. The van der Waals surface area contributed by atoms with Crippen molar-refractivity contribution in [3.8, 4) is 5.75 Å². The summed E-state index contributed by atoms with van der Waals surface area (Å²) in [5, 5.41) is 9.76. The number of H-pyrrole nitrogens is 1. The van der Waals surface area contributed by atoms with Gasteiger partial charge in [0, 0.05) is 5.54 Å². The molecular formula is C17H24N4O2. The minimum atomic E-state index is -0.262. The fraction of sp³-hybridized carbons (Fsp3) is 0.471. The summed E-state index contributed by atoms with van der Waals surface area (Å²) in [6.07, 6.45) is 0.150. The van der Waals surface area contributed by atoms with E-state index in [4.69, 9.17) is 4.74 Å². The number of hydrogen-bond acceptors (Lipinski definition) is 4. The summed E-state index contributed by atoms with van der Waals surface area (Å²) in [6, 6.07) is 6.05. The SMILES string of the molecule is Cc1ccc(C)c(OCc2nc(CC(=O)NC(C)(C)C)n[nH]2)c1. The molecule has 0 saturated heterocycles. The third-order valence-electron chi connectivity index (χ3n) is 3.12. The van der Waals surface area contributed by atoms with Gasteiger partial charge in [-0.05, 0) is 51.8 Å². The normalized spacial score (nSPS) is 11.3. The molecule has 2 aromatic rings. The van der Waals surface area contributed by atoms with Gasteiger partial charge in [-0.1, -0.05) is 12.1 Å².